The number of nitrogens with one attached hydrogen (secondary N) is 1. The number of benzene rings is 4. The lowest BCUT2D eigenvalue weighted by Crippen LogP contribution is -2.31. The van der Waals surface area contributed by atoms with Crippen molar-refractivity contribution in [2.75, 3.05) is 4.90 Å². The van der Waals surface area contributed by atoms with Gasteiger partial charge >= 0.3 is 6.18 Å². The van der Waals surface area contributed by atoms with Crippen LogP contribution in [0.2, 0.25) is 0 Å². The first-order valence-corrected chi connectivity index (χ1v) is 14.3. The number of aromatic nitrogens is 1. The van der Waals surface area contributed by atoms with Crippen LogP contribution in [0.15, 0.2) is 103 Å². The van der Waals surface area contributed by atoms with Gasteiger partial charge in [0.1, 0.15) is 5.69 Å². The average Bonchev–Trinajstić information content (AvgIpc) is 3.32. The number of para-hydroxylation sites is 1. The van der Waals surface area contributed by atoms with Crippen molar-refractivity contribution in [3.63, 3.8) is 0 Å². The van der Waals surface area contributed by atoms with Crippen LogP contribution < -0.4 is 10.2 Å². The molecule has 0 saturated heterocycles. The number of amides is 2. The number of anilines is 1. The highest BCUT2D eigenvalue weighted by Crippen LogP contribution is 2.33. The highest BCUT2D eigenvalue weighted by molar-refractivity contribution is 6.07. The minimum Gasteiger partial charge on any atom is -0.347 e. The Hall–Kier alpha value is -5.11. The number of nitrogens with zero attached hydrogens (tertiary/aromatic N) is 2. The van der Waals surface area contributed by atoms with Gasteiger partial charge in [0, 0.05) is 23.5 Å². The normalized spacial score (nSPS) is 12.7. The summed E-state index contributed by atoms with van der Waals surface area (Å²) in [6.45, 7) is 4.34. The Kier molecular flexibility index (Phi) is 7.59. The number of alkyl halides is 3. The summed E-state index contributed by atoms with van der Waals surface area (Å²) >= 11 is 0. The quantitative estimate of drug-likeness (QED) is 0.225. The number of rotatable bonds is 5. The van der Waals surface area contributed by atoms with Crippen molar-refractivity contribution in [1.29, 1.82) is 0 Å². The lowest BCUT2D eigenvalue weighted by Gasteiger charge is -2.23. The summed E-state index contributed by atoms with van der Waals surface area (Å²) in [7, 11) is 0. The third-order valence-corrected chi connectivity index (χ3v) is 8.15. The minimum absolute atomic E-state index is 0.0122. The summed E-state index contributed by atoms with van der Waals surface area (Å²) in [5.74, 6) is -0.658. The minimum atomic E-state index is -4.52. The van der Waals surface area contributed by atoms with Crippen LogP contribution in [0.3, 0.4) is 0 Å². The molecule has 0 unspecified atom stereocenters. The van der Waals surface area contributed by atoms with E-state index in [9.17, 15) is 22.8 Å². The first-order chi connectivity index (χ1) is 21.1. The van der Waals surface area contributed by atoms with Crippen LogP contribution in [0.1, 0.15) is 54.4 Å². The predicted molar refractivity (Wildman–Crippen MR) is 164 cm³/mol. The number of carbonyl (C=O) groups excluding carboxylic acids is 2. The van der Waals surface area contributed by atoms with Gasteiger partial charge in [-0.1, -0.05) is 66.7 Å². The summed E-state index contributed by atoms with van der Waals surface area (Å²) in [6.07, 6.45) is -4.52. The molecule has 0 atom stereocenters. The number of halogens is 3. The molecular formula is C36H30F3N3O2. The Labute approximate surface area is 253 Å². The molecule has 1 aliphatic heterocycles. The average molecular weight is 594 g/mol. The van der Waals surface area contributed by atoms with E-state index in [2.05, 4.69) is 24.4 Å². The molecule has 1 N–H and O–H groups in total. The van der Waals surface area contributed by atoms with Crippen molar-refractivity contribution in [1.82, 2.24) is 9.88 Å². The van der Waals surface area contributed by atoms with E-state index >= 15 is 0 Å². The Morgan fingerprint density at radius 1 is 0.773 bits per heavy atom. The summed E-state index contributed by atoms with van der Waals surface area (Å²) in [5.41, 5.74) is 6.73. The highest BCUT2D eigenvalue weighted by atomic mass is 19.4. The zero-order valence-corrected chi connectivity index (χ0v) is 24.3. The second-order valence-corrected chi connectivity index (χ2v) is 11.0. The van der Waals surface area contributed by atoms with Crippen LogP contribution in [0.4, 0.5) is 18.9 Å². The molecule has 1 aliphatic rings. The molecule has 0 radical (unpaired) electrons. The van der Waals surface area contributed by atoms with E-state index in [1.54, 1.807) is 17.0 Å². The van der Waals surface area contributed by atoms with Crippen LogP contribution >= 0.6 is 0 Å². The topological polar surface area (TPSA) is 54.3 Å². The molecule has 6 rings (SSSR count). The van der Waals surface area contributed by atoms with Crippen LogP contribution in [0, 0.1) is 13.8 Å². The maximum Gasteiger partial charge on any atom is 0.416 e. The fraction of sp³-hybridized carbons (Fsp3) is 0.167. The molecule has 2 amide bonds. The first kappa shape index (κ1) is 29.0. The van der Waals surface area contributed by atoms with E-state index in [0.717, 1.165) is 45.3 Å². The summed E-state index contributed by atoms with van der Waals surface area (Å²) < 4.78 is 42.2. The van der Waals surface area contributed by atoms with Gasteiger partial charge < -0.3 is 14.8 Å². The van der Waals surface area contributed by atoms with Crippen molar-refractivity contribution in [3.8, 4) is 11.1 Å². The third kappa shape index (κ3) is 5.51. The van der Waals surface area contributed by atoms with Crippen molar-refractivity contribution < 1.29 is 22.8 Å². The number of fused-ring (bicyclic) bond motifs is 2. The molecule has 222 valence electrons. The van der Waals surface area contributed by atoms with E-state index in [1.165, 1.54) is 18.2 Å². The first-order valence-electron chi connectivity index (χ1n) is 14.3. The number of hydrogen-bond donors (Lipinski definition) is 1. The summed E-state index contributed by atoms with van der Waals surface area (Å²) in [5, 5.41) is 2.66. The monoisotopic (exact) mass is 593 g/mol. The number of aryl methyl sites for hydroxylation is 2. The van der Waals surface area contributed by atoms with Crippen molar-refractivity contribution in [3.05, 3.63) is 148 Å². The standard InChI is InChI=1S/C36H30F3N3O2/c1-23-9-3-6-12-29(23)30-17-15-25(19-24(30)2)35(44)42-22-28-16-18-33(41(28)21-27-11-5-8-14-32(27)42)34(43)40-20-26-10-4-7-13-31(26)36(37,38)39/h3-19H,20-22H2,1-2H3,(H,40,43). The Balaban J connectivity index is 1.28. The van der Waals surface area contributed by atoms with Crippen molar-refractivity contribution >= 4 is 17.5 Å². The van der Waals surface area contributed by atoms with Gasteiger partial charge in [-0.05, 0) is 83.6 Å². The molecule has 5 nitrogen and oxygen atoms in total. The van der Waals surface area contributed by atoms with Crippen molar-refractivity contribution in [2.24, 2.45) is 0 Å². The van der Waals surface area contributed by atoms with Crippen molar-refractivity contribution in [2.45, 2.75) is 39.7 Å². The SMILES string of the molecule is Cc1ccccc1-c1ccc(C(=O)N2Cc3ccc(C(=O)NCc4ccccc4C(F)(F)F)n3Cc3ccccc32)cc1C. The lowest BCUT2D eigenvalue weighted by atomic mass is 9.95. The van der Waals surface area contributed by atoms with Gasteiger partial charge in [0.2, 0.25) is 0 Å². The second kappa shape index (κ2) is 11.5. The van der Waals surface area contributed by atoms with Gasteiger partial charge in [0.25, 0.3) is 11.8 Å². The number of hydrogen-bond acceptors (Lipinski definition) is 2. The van der Waals surface area contributed by atoms with Gasteiger partial charge in [0.05, 0.1) is 18.7 Å². The predicted octanol–water partition coefficient (Wildman–Crippen LogP) is 7.93. The maximum absolute atomic E-state index is 14.1. The van der Waals surface area contributed by atoms with Crippen LogP contribution in [-0.2, 0) is 25.8 Å². The van der Waals surface area contributed by atoms with Gasteiger partial charge in [0.15, 0.2) is 0 Å². The molecule has 8 heteroatoms. The largest absolute Gasteiger partial charge is 0.416 e. The molecule has 0 bridgehead atoms. The molecule has 44 heavy (non-hydrogen) atoms. The van der Waals surface area contributed by atoms with E-state index in [0.29, 0.717) is 17.8 Å². The van der Waals surface area contributed by atoms with Crippen LogP contribution in [-0.4, -0.2) is 16.4 Å². The molecule has 2 heterocycles. The smallest absolute Gasteiger partial charge is 0.347 e. The third-order valence-electron chi connectivity index (χ3n) is 8.15. The summed E-state index contributed by atoms with van der Waals surface area (Å²) in [4.78, 5) is 29.1. The second-order valence-electron chi connectivity index (χ2n) is 11.0. The van der Waals surface area contributed by atoms with Gasteiger partial charge in [-0.15, -0.1) is 0 Å². The Morgan fingerprint density at radius 3 is 2.25 bits per heavy atom. The van der Waals surface area contributed by atoms with Crippen LogP contribution in [0.25, 0.3) is 11.1 Å². The highest BCUT2D eigenvalue weighted by Gasteiger charge is 2.33. The molecule has 0 saturated carbocycles. The fourth-order valence-electron chi connectivity index (χ4n) is 5.89. The maximum atomic E-state index is 14.1. The molecular weight excluding hydrogens is 563 g/mol. The molecule has 0 spiro atoms. The molecule has 1 aromatic heterocycles. The van der Waals surface area contributed by atoms with Gasteiger partial charge in [-0.25, -0.2) is 0 Å². The van der Waals surface area contributed by atoms with Crippen LogP contribution in [0.5, 0.6) is 0 Å². The molecule has 0 fully saturated rings. The molecule has 5 aromatic rings. The van der Waals surface area contributed by atoms with E-state index in [4.69, 9.17) is 0 Å². The lowest BCUT2D eigenvalue weighted by molar-refractivity contribution is -0.138. The summed E-state index contributed by atoms with van der Waals surface area (Å²) in [6, 6.07) is 30.1. The molecule has 0 aliphatic carbocycles. The number of carbonyl (C=O) groups is 2. The van der Waals surface area contributed by atoms with E-state index in [1.807, 2.05) is 66.1 Å². The molecule has 4 aromatic carbocycles. The Bertz CT molecular complexity index is 1890. The van der Waals surface area contributed by atoms with E-state index in [-0.39, 0.29) is 24.6 Å². The fourth-order valence-corrected chi connectivity index (χ4v) is 5.89. The van der Waals surface area contributed by atoms with Gasteiger partial charge in [-0.2, -0.15) is 13.2 Å². The zero-order valence-electron chi connectivity index (χ0n) is 24.3. The zero-order chi connectivity index (χ0) is 31.0. The van der Waals surface area contributed by atoms with E-state index < -0.39 is 17.6 Å². The Morgan fingerprint density at radius 2 is 1.48 bits per heavy atom. The van der Waals surface area contributed by atoms with Gasteiger partial charge in [-0.3, -0.25) is 9.59 Å².